The number of nitrogens with zero attached hydrogens (tertiary/aromatic N) is 4. The van der Waals surface area contributed by atoms with Gasteiger partial charge in [-0.25, -0.2) is 4.98 Å². The van der Waals surface area contributed by atoms with Gasteiger partial charge < -0.3 is 20.3 Å². The zero-order chi connectivity index (χ0) is 22.1. The second-order valence-corrected chi connectivity index (χ2v) is 9.09. The summed E-state index contributed by atoms with van der Waals surface area (Å²) in [5, 5.41) is 8.01. The molecular formula is C23H37IN6OS. The normalized spacial score (nSPS) is 14.8. The molecule has 2 aromatic rings. The van der Waals surface area contributed by atoms with E-state index in [2.05, 4.69) is 56.4 Å². The van der Waals surface area contributed by atoms with Crippen molar-refractivity contribution in [3.63, 3.8) is 0 Å². The van der Waals surface area contributed by atoms with E-state index >= 15 is 0 Å². The van der Waals surface area contributed by atoms with Gasteiger partial charge in [0.25, 0.3) is 0 Å². The Bertz CT molecular complexity index is 814. The fourth-order valence-corrected chi connectivity index (χ4v) is 4.62. The van der Waals surface area contributed by atoms with E-state index in [4.69, 9.17) is 4.74 Å². The molecule has 1 aliphatic rings. The van der Waals surface area contributed by atoms with Gasteiger partial charge in [0.05, 0.1) is 17.8 Å². The van der Waals surface area contributed by atoms with E-state index in [1.165, 1.54) is 15.6 Å². The maximum atomic E-state index is 5.25. The minimum Gasteiger partial charge on any atom is -0.497 e. The van der Waals surface area contributed by atoms with Gasteiger partial charge in [0.2, 0.25) is 0 Å². The number of methoxy groups -OCH3 is 1. The third-order valence-corrected chi connectivity index (χ3v) is 6.81. The summed E-state index contributed by atoms with van der Waals surface area (Å²) < 4.78 is 5.25. The van der Waals surface area contributed by atoms with Crippen molar-refractivity contribution in [2.24, 2.45) is 4.99 Å². The Kier molecular flexibility index (Phi) is 11.5. The number of thiazole rings is 1. The highest BCUT2D eigenvalue weighted by atomic mass is 127. The van der Waals surface area contributed by atoms with Crippen molar-refractivity contribution in [1.29, 1.82) is 0 Å². The van der Waals surface area contributed by atoms with Crippen LogP contribution in [-0.2, 0) is 6.42 Å². The lowest BCUT2D eigenvalue weighted by atomic mass is 10.2. The van der Waals surface area contributed by atoms with Gasteiger partial charge in [-0.3, -0.25) is 9.89 Å². The molecule has 2 N–H and O–H groups in total. The Morgan fingerprint density at radius 2 is 1.78 bits per heavy atom. The maximum absolute atomic E-state index is 5.25. The van der Waals surface area contributed by atoms with Crippen LogP contribution in [-0.4, -0.2) is 75.8 Å². The number of benzene rings is 1. The number of anilines is 1. The third-order valence-electron chi connectivity index (χ3n) is 5.68. The highest BCUT2D eigenvalue weighted by molar-refractivity contribution is 14.0. The average Bonchev–Trinajstić information content (AvgIpc) is 3.12. The van der Waals surface area contributed by atoms with Crippen LogP contribution in [0, 0.1) is 13.8 Å². The molecule has 2 heterocycles. The van der Waals surface area contributed by atoms with Gasteiger partial charge in [0, 0.05) is 63.3 Å². The number of hydrogen-bond donors (Lipinski definition) is 2. The van der Waals surface area contributed by atoms with Gasteiger partial charge in [-0.15, -0.1) is 35.3 Å². The van der Waals surface area contributed by atoms with Crippen molar-refractivity contribution in [3.05, 3.63) is 39.8 Å². The minimum absolute atomic E-state index is 0. The van der Waals surface area contributed by atoms with Crippen molar-refractivity contribution < 1.29 is 4.74 Å². The van der Waals surface area contributed by atoms with E-state index < -0.39 is 0 Å². The van der Waals surface area contributed by atoms with E-state index in [9.17, 15) is 0 Å². The fourth-order valence-electron chi connectivity index (χ4n) is 3.69. The number of ether oxygens (including phenoxy) is 1. The molecule has 0 saturated carbocycles. The third kappa shape index (κ3) is 8.08. The summed E-state index contributed by atoms with van der Waals surface area (Å²) in [5.41, 5.74) is 2.42. The quantitative estimate of drug-likeness (QED) is 0.208. The maximum Gasteiger partial charge on any atom is 0.190 e. The molecule has 7 nitrogen and oxygen atoms in total. The summed E-state index contributed by atoms with van der Waals surface area (Å²) in [4.78, 5) is 15.2. The molecule has 1 aromatic carbocycles. The van der Waals surface area contributed by atoms with E-state index in [1.807, 2.05) is 19.2 Å². The molecule has 0 bridgehead atoms. The Morgan fingerprint density at radius 3 is 2.38 bits per heavy atom. The lowest BCUT2D eigenvalue weighted by Crippen LogP contribution is -2.47. The number of aromatic nitrogens is 1. The van der Waals surface area contributed by atoms with Crippen LogP contribution in [0.3, 0.4) is 0 Å². The molecular weight excluding hydrogens is 535 g/mol. The zero-order valence-electron chi connectivity index (χ0n) is 19.7. The van der Waals surface area contributed by atoms with Gasteiger partial charge in [-0.2, -0.15) is 0 Å². The van der Waals surface area contributed by atoms with Crippen LogP contribution in [0.5, 0.6) is 5.75 Å². The number of hydrogen-bond acceptors (Lipinski definition) is 6. The summed E-state index contributed by atoms with van der Waals surface area (Å²) in [5.74, 6) is 1.78. The summed E-state index contributed by atoms with van der Waals surface area (Å²) in [7, 11) is 3.53. The second kappa shape index (κ2) is 13.8. The average molecular weight is 573 g/mol. The lowest BCUT2D eigenvalue weighted by molar-refractivity contribution is 0.255. The van der Waals surface area contributed by atoms with Crippen LogP contribution in [0.1, 0.15) is 22.0 Å². The molecule has 3 rings (SSSR count). The Balaban J connectivity index is 0.00000363. The molecule has 9 heteroatoms. The molecule has 178 valence electrons. The van der Waals surface area contributed by atoms with Crippen LogP contribution in [0.4, 0.5) is 5.69 Å². The van der Waals surface area contributed by atoms with Crippen LogP contribution < -0.4 is 20.3 Å². The highest BCUT2D eigenvalue weighted by Gasteiger charge is 2.16. The van der Waals surface area contributed by atoms with Crippen LogP contribution in [0.25, 0.3) is 0 Å². The number of piperazine rings is 1. The summed E-state index contributed by atoms with van der Waals surface area (Å²) in [6, 6.07) is 8.36. The van der Waals surface area contributed by atoms with Crippen molar-refractivity contribution >= 4 is 47.0 Å². The number of guanidine groups is 1. The number of rotatable bonds is 9. The monoisotopic (exact) mass is 572 g/mol. The summed E-state index contributed by atoms with van der Waals surface area (Å²) >= 11 is 1.79. The molecule has 1 aromatic heterocycles. The largest absolute Gasteiger partial charge is 0.497 e. The fraction of sp³-hybridized carbons (Fsp3) is 0.565. The Hall–Kier alpha value is -1.59. The first-order chi connectivity index (χ1) is 15.1. The van der Waals surface area contributed by atoms with Crippen LogP contribution in [0.2, 0.25) is 0 Å². The Labute approximate surface area is 213 Å². The van der Waals surface area contributed by atoms with Gasteiger partial charge in [0.1, 0.15) is 5.75 Å². The number of nitrogens with one attached hydrogen (secondary N) is 2. The lowest BCUT2D eigenvalue weighted by Gasteiger charge is -2.36. The highest BCUT2D eigenvalue weighted by Crippen LogP contribution is 2.20. The Morgan fingerprint density at radius 1 is 1.09 bits per heavy atom. The first kappa shape index (κ1) is 26.7. The van der Waals surface area contributed by atoms with Crippen molar-refractivity contribution in [1.82, 2.24) is 20.5 Å². The second-order valence-electron chi connectivity index (χ2n) is 7.81. The predicted octanol–water partition coefficient (Wildman–Crippen LogP) is 3.31. The SMILES string of the molecule is CN=C(NCCCN1CCN(c2ccc(OC)cc2)CC1)NCCc1nc(C)c(C)s1.I. The van der Waals surface area contributed by atoms with Gasteiger partial charge >= 0.3 is 0 Å². The smallest absolute Gasteiger partial charge is 0.190 e. The standard InChI is InChI=1S/C23H36N6OS.HI/c1-18-19(2)31-22(27-18)10-12-26-23(24-3)25-11-5-13-28-14-16-29(17-15-28)20-6-8-21(30-4)9-7-20;/h6-9H,5,10-17H2,1-4H3,(H2,24,25,26);1H. The van der Waals surface area contributed by atoms with Crippen molar-refractivity contribution in [2.45, 2.75) is 26.7 Å². The van der Waals surface area contributed by atoms with Crippen LogP contribution >= 0.6 is 35.3 Å². The van der Waals surface area contributed by atoms with Gasteiger partial charge in [-0.1, -0.05) is 0 Å². The van der Waals surface area contributed by atoms with E-state index in [0.29, 0.717) is 0 Å². The molecule has 0 spiro atoms. The van der Waals surface area contributed by atoms with E-state index in [-0.39, 0.29) is 24.0 Å². The topological polar surface area (TPSA) is 65.0 Å². The summed E-state index contributed by atoms with van der Waals surface area (Å²) in [6.45, 7) is 11.4. The molecule has 0 aliphatic carbocycles. The zero-order valence-corrected chi connectivity index (χ0v) is 22.8. The molecule has 0 unspecified atom stereocenters. The first-order valence-corrected chi connectivity index (χ1v) is 11.9. The van der Waals surface area contributed by atoms with Crippen molar-refractivity contribution in [2.75, 3.05) is 64.9 Å². The molecule has 0 radical (unpaired) electrons. The predicted molar refractivity (Wildman–Crippen MR) is 146 cm³/mol. The molecule has 0 amide bonds. The number of aryl methyl sites for hydroxylation is 2. The van der Waals surface area contributed by atoms with Gasteiger partial charge in [-0.05, 0) is 51.1 Å². The molecule has 0 atom stereocenters. The number of aliphatic imine (C=N–C) groups is 1. The molecule has 1 saturated heterocycles. The van der Waals surface area contributed by atoms with E-state index in [0.717, 1.165) is 76.1 Å². The molecule has 32 heavy (non-hydrogen) atoms. The van der Waals surface area contributed by atoms with Gasteiger partial charge in [0.15, 0.2) is 5.96 Å². The minimum atomic E-state index is 0. The number of halogens is 1. The molecule has 1 aliphatic heterocycles. The van der Waals surface area contributed by atoms with E-state index in [1.54, 1.807) is 18.4 Å². The first-order valence-electron chi connectivity index (χ1n) is 11.1. The summed E-state index contributed by atoms with van der Waals surface area (Å²) in [6.07, 6.45) is 2.03. The van der Waals surface area contributed by atoms with Crippen molar-refractivity contribution in [3.8, 4) is 5.75 Å². The van der Waals surface area contributed by atoms with Crippen LogP contribution in [0.15, 0.2) is 29.3 Å². The molecule has 1 fully saturated rings.